The van der Waals surface area contributed by atoms with E-state index >= 15 is 0 Å². The first-order chi connectivity index (χ1) is 8.18. The van der Waals surface area contributed by atoms with E-state index in [4.69, 9.17) is 0 Å². The van der Waals surface area contributed by atoms with Gasteiger partial charge in [-0.15, -0.1) is 0 Å². The molecule has 1 unspecified atom stereocenters. The summed E-state index contributed by atoms with van der Waals surface area (Å²) in [7, 11) is 0. The highest BCUT2D eigenvalue weighted by atomic mass is 16.3. The first-order valence-electron chi connectivity index (χ1n) is 7.08. The van der Waals surface area contributed by atoms with Gasteiger partial charge in [0.2, 0.25) is 0 Å². The number of rotatable bonds is 6. The van der Waals surface area contributed by atoms with Crippen molar-refractivity contribution in [2.45, 2.75) is 64.4 Å². The van der Waals surface area contributed by atoms with Crippen LogP contribution in [0.15, 0.2) is 12.2 Å². The summed E-state index contributed by atoms with van der Waals surface area (Å²) in [6.07, 6.45) is 12.2. The number of aliphatic hydroxyl groups is 1. The predicted octanol–water partition coefficient (Wildman–Crippen LogP) is 3.24. The highest BCUT2D eigenvalue weighted by Crippen LogP contribution is 2.56. The molecule has 0 radical (unpaired) electrons. The number of Topliss-reactive ketones (excluding diaryl/α,β-unsaturated/α-hetero) is 1. The van der Waals surface area contributed by atoms with Gasteiger partial charge in [-0.3, -0.25) is 4.79 Å². The fourth-order valence-electron chi connectivity index (χ4n) is 3.37. The Morgan fingerprint density at radius 3 is 3.06 bits per heavy atom. The van der Waals surface area contributed by atoms with Crippen LogP contribution in [0.4, 0.5) is 0 Å². The predicted molar refractivity (Wildman–Crippen MR) is 68.7 cm³/mol. The third-order valence-corrected chi connectivity index (χ3v) is 4.47. The van der Waals surface area contributed by atoms with E-state index < -0.39 is 0 Å². The minimum Gasteiger partial charge on any atom is -0.389 e. The van der Waals surface area contributed by atoms with Crippen molar-refractivity contribution in [3.05, 3.63) is 12.2 Å². The van der Waals surface area contributed by atoms with E-state index in [1.54, 1.807) is 0 Å². The summed E-state index contributed by atoms with van der Waals surface area (Å²) in [5.41, 5.74) is 0.142. The molecule has 0 saturated heterocycles. The Bertz CT molecular complexity index is 308. The van der Waals surface area contributed by atoms with Crippen LogP contribution >= 0.6 is 0 Å². The molecule has 0 amide bonds. The number of unbranched alkanes of at least 4 members (excludes halogenated alkanes) is 2. The molecule has 2 fully saturated rings. The molecule has 96 valence electrons. The van der Waals surface area contributed by atoms with Gasteiger partial charge in [-0.2, -0.15) is 0 Å². The van der Waals surface area contributed by atoms with E-state index in [-0.39, 0.29) is 17.4 Å². The molecule has 0 aliphatic heterocycles. The van der Waals surface area contributed by atoms with Crippen LogP contribution in [0.3, 0.4) is 0 Å². The maximum absolute atomic E-state index is 11.5. The lowest BCUT2D eigenvalue weighted by molar-refractivity contribution is -0.136. The fraction of sp³-hybridized carbons (Fsp3) is 0.800. The highest BCUT2D eigenvalue weighted by molar-refractivity contribution is 5.90. The molecular weight excluding hydrogens is 212 g/mol. The van der Waals surface area contributed by atoms with Gasteiger partial charge in [0, 0.05) is 17.8 Å². The molecule has 2 saturated carbocycles. The molecule has 0 aromatic rings. The van der Waals surface area contributed by atoms with Crippen molar-refractivity contribution >= 4 is 5.78 Å². The third kappa shape index (κ3) is 2.62. The zero-order valence-corrected chi connectivity index (χ0v) is 10.8. The van der Waals surface area contributed by atoms with Crippen LogP contribution in [-0.2, 0) is 4.79 Å². The molecule has 2 nitrogen and oxygen atoms in total. The average Bonchev–Trinajstić information content (AvgIpc) is 2.64. The van der Waals surface area contributed by atoms with Crippen molar-refractivity contribution in [2.24, 2.45) is 11.3 Å². The molecular formula is C15H24O2. The minimum atomic E-state index is -0.312. The Hall–Kier alpha value is -0.630. The SMILES string of the molecule is CCCCCC(O)C=C[C@]12CCC[C@@H]1C(=O)C2. The van der Waals surface area contributed by atoms with Gasteiger partial charge in [0.05, 0.1) is 6.10 Å². The van der Waals surface area contributed by atoms with Crippen molar-refractivity contribution in [1.82, 2.24) is 0 Å². The zero-order valence-electron chi connectivity index (χ0n) is 10.8. The van der Waals surface area contributed by atoms with Crippen LogP contribution < -0.4 is 0 Å². The minimum absolute atomic E-state index is 0.142. The molecule has 3 atom stereocenters. The van der Waals surface area contributed by atoms with E-state index in [1.165, 1.54) is 19.3 Å². The number of hydrogen-bond acceptors (Lipinski definition) is 2. The van der Waals surface area contributed by atoms with Crippen molar-refractivity contribution in [1.29, 1.82) is 0 Å². The van der Waals surface area contributed by atoms with Gasteiger partial charge in [0.15, 0.2) is 0 Å². The van der Waals surface area contributed by atoms with Crippen LogP contribution in [0.5, 0.6) is 0 Å². The Labute approximate surface area is 104 Å². The molecule has 1 N–H and O–H groups in total. The first kappa shape index (κ1) is 12.8. The summed E-state index contributed by atoms with van der Waals surface area (Å²) in [6, 6.07) is 0. The zero-order chi connectivity index (χ0) is 12.3. The van der Waals surface area contributed by atoms with Gasteiger partial charge in [-0.05, 0) is 19.3 Å². The molecule has 2 aliphatic rings. The van der Waals surface area contributed by atoms with E-state index in [0.717, 1.165) is 32.1 Å². The molecule has 0 heterocycles. The molecule has 2 rings (SSSR count). The maximum atomic E-state index is 11.5. The highest BCUT2D eigenvalue weighted by Gasteiger charge is 2.54. The molecule has 0 aromatic carbocycles. The standard InChI is InChI=1S/C15H24O2/c1-2-3-4-6-12(16)8-10-15-9-5-7-13(15)14(17)11-15/h8,10,12-13,16H,2-7,9,11H2,1H3/t12?,13-,15+/m1/s1. The van der Waals surface area contributed by atoms with Crippen LogP contribution in [0.25, 0.3) is 0 Å². The lowest BCUT2D eigenvalue weighted by Crippen LogP contribution is -2.43. The van der Waals surface area contributed by atoms with Gasteiger partial charge >= 0.3 is 0 Å². The Kier molecular flexibility index (Phi) is 4.03. The molecule has 2 heteroatoms. The number of allylic oxidation sites excluding steroid dienone is 1. The van der Waals surface area contributed by atoms with Gasteiger partial charge < -0.3 is 5.11 Å². The van der Waals surface area contributed by atoms with Crippen LogP contribution in [0, 0.1) is 11.3 Å². The third-order valence-electron chi connectivity index (χ3n) is 4.47. The van der Waals surface area contributed by atoms with E-state index in [1.807, 2.05) is 6.08 Å². The van der Waals surface area contributed by atoms with Gasteiger partial charge in [0.25, 0.3) is 0 Å². The maximum Gasteiger partial charge on any atom is 0.137 e. The van der Waals surface area contributed by atoms with Crippen molar-refractivity contribution in [2.75, 3.05) is 0 Å². The quantitative estimate of drug-likeness (QED) is 0.568. The molecule has 17 heavy (non-hydrogen) atoms. The number of hydrogen-bond donors (Lipinski definition) is 1. The summed E-state index contributed by atoms with van der Waals surface area (Å²) in [5.74, 6) is 0.717. The largest absolute Gasteiger partial charge is 0.389 e. The Morgan fingerprint density at radius 2 is 2.35 bits per heavy atom. The van der Waals surface area contributed by atoms with Crippen LogP contribution in [0.1, 0.15) is 58.3 Å². The summed E-state index contributed by atoms with van der Waals surface area (Å²) in [5, 5.41) is 9.86. The molecule has 0 bridgehead atoms. The molecule has 0 aromatic heterocycles. The second kappa shape index (κ2) is 5.34. The Morgan fingerprint density at radius 1 is 1.53 bits per heavy atom. The second-order valence-corrected chi connectivity index (χ2v) is 5.74. The van der Waals surface area contributed by atoms with Crippen LogP contribution in [-0.4, -0.2) is 17.0 Å². The first-order valence-corrected chi connectivity index (χ1v) is 7.08. The van der Waals surface area contributed by atoms with Gasteiger partial charge in [-0.1, -0.05) is 44.8 Å². The topological polar surface area (TPSA) is 37.3 Å². The number of carbonyl (C=O) groups excluding carboxylic acids is 1. The van der Waals surface area contributed by atoms with E-state index in [9.17, 15) is 9.90 Å². The summed E-state index contributed by atoms with van der Waals surface area (Å²) >= 11 is 0. The number of ketones is 1. The summed E-state index contributed by atoms with van der Waals surface area (Å²) in [4.78, 5) is 11.5. The monoisotopic (exact) mass is 236 g/mol. The average molecular weight is 236 g/mol. The van der Waals surface area contributed by atoms with E-state index in [2.05, 4.69) is 13.0 Å². The van der Waals surface area contributed by atoms with Gasteiger partial charge in [-0.25, -0.2) is 0 Å². The number of fused-ring (bicyclic) bond motifs is 1. The molecule has 0 spiro atoms. The fourth-order valence-corrected chi connectivity index (χ4v) is 3.37. The molecule has 2 aliphatic carbocycles. The summed E-state index contributed by atoms with van der Waals surface area (Å²) < 4.78 is 0. The lowest BCUT2D eigenvalue weighted by atomic mass is 9.61. The van der Waals surface area contributed by atoms with E-state index in [0.29, 0.717) is 5.78 Å². The number of carbonyl (C=O) groups is 1. The van der Waals surface area contributed by atoms with Crippen molar-refractivity contribution < 1.29 is 9.90 Å². The van der Waals surface area contributed by atoms with Gasteiger partial charge in [0.1, 0.15) is 5.78 Å². The summed E-state index contributed by atoms with van der Waals surface area (Å²) in [6.45, 7) is 2.17. The normalized spacial score (nSPS) is 33.8. The van der Waals surface area contributed by atoms with Crippen molar-refractivity contribution in [3.63, 3.8) is 0 Å². The Balaban J connectivity index is 1.82. The van der Waals surface area contributed by atoms with Crippen LogP contribution in [0.2, 0.25) is 0 Å². The number of aliphatic hydroxyl groups excluding tert-OH is 1. The second-order valence-electron chi connectivity index (χ2n) is 5.74. The smallest absolute Gasteiger partial charge is 0.137 e. The lowest BCUT2D eigenvalue weighted by Gasteiger charge is -2.41. The van der Waals surface area contributed by atoms with Crippen molar-refractivity contribution in [3.8, 4) is 0 Å².